The molecule has 1 amide bonds. The molecule has 0 atom stereocenters. The highest BCUT2D eigenvalue weighted by Crippen LogP contribution is 2.17. The fraction of sp³-hybridized carbons (Fsp3) is 0.188. The molecule has 2 N–H and O–H groups in total. The Morgan fingerprint density at radius 1 is 0.958 bits per heavy atom. The van der Waals surface area contributed by atoms with E-state index in [2.05, 4.69) is 4.72 Å². The molecule has 0 aromatic heterocycles. The van der Waals surface area contributed by atoms with Gasteiger partial charge in [-0.25, -0.2) is 21.9 Å². The van der Waals surface area contributed by atoms with Crippen LogP contribution in [0, 0.1) is 11.6 Å². The summed E-state index contributed by atoms with van der Waals surface area (Å²) in [4.78, 5) is 11.7. The van der Waals surface area contributed by atoms with Crippen LogP contribution >= 0.6 is 0 Å². The molecular weight excluding hydrogens is 338 g/mol. The fourth-order valence-electron chi connectivity index (χ4n) is 1.95. The summed E-state index contributed by atoms with van der Waals surface area (Å²) in [6.07, 6.45) is 0.291. The molecule has 0 fully saturated rings. The minimum Gasteiger partial charge on any atom is -0.320 e. The molecule has 5 nitrogen and oxygen atoms in total. The second-order valence-corrected chi connectivity index (χ2v) is 6.95. The van der Waals surface area contributed by atoms with Gasteiger partial charge in [0.05, 0.1) is 12.3 Å². The predicted octanol–water partition coefficient (Wildman–Crippen LogP) is 2.07. The zero-order valence-electron chi connectivity index (χ0n) is 12.6. The average Bonchev–Trinajstić information content (AvgIpc) is 2.56. The van der Waals surface area contributed by atoms with E-state index in [4.69, 9.17) is 0 Å². The van der Waals surface area contributed by atoms with Crippen LogP contribution < -0.4 is 10.0 Å². The second kappa shape index (κ2) is 7.98. The number of halogens is 2. The number of rotatable bonds is 7. The van der Waals surface area contributed by atoms with Crippen molar-refractivity contribution in [3.8, 4) is 0 Å². The van der Waals surface area contributed by atoms with E-state index < -0.39 is 39.8 Å². The van der Waals surface area contributed by atoms with Crippen molar-refractivity contribution in [2.24, 2.45) is 0 Å². The van der Waals surface area contributed by atoms with E-state index in [9.17, 15) is 22.0 Å². The molecule has 2 rings (SSSR count). The summed E-state index contributed by atoms with van der Waals surface area (Å²) in [7, 11) is -3.69. The third kappa shape index (κ3) is 5.39. The van der Waals surface area contributed by atoms with Gasteiger partial charge in [-0.1, -0.05) is 36.4 Å². The Hall–Kier alpha value is -2.32. The number of aryl methyl sites for hydroxylation is 1. The van der Waals surface area contributed by atoms with Gasteiger partial charge in [0.1, 0.15) is 17.3 Å². The van der Waals surface area contributed by atoms with Crippen molar-refractivity contribution < 1.29 is 22.0 Å². The van der Waals surface area contributed by atoms with E-state index in [1.54, 1.807) is 24.3 Å². The lowest BCUT2D eigenvalue weighted by molar-refractivity contribution is -0.115. The monoisotopic (exact) mass is 354 g/mol. The van der Waals surface area contributed by atoms with Gasteiger partial charge >= 0.3 is 0 Å². The Balaban J connectivity index is 1.86. The molecule has 8 heteroatoms. The SMILES string of the molecule is O=C(CNS(=O)(=O)CCc1ccccc1)Nc1c(F)cccc1F. The van der Waals surface area contributed by atoms with Crippen LogP contribution in [0.1, 0.15) is 5.56 Å². The Kier molecular flexibility index (Phi) is 5.99. The highest BCUT2D eigenvalue weighted by Gasteiger charge is 2.15. The van der Waals surface area contributed by atoms with Crippen LogP contribution in [0.15, 0.2) is 48.5 Å². The number of carbonyl (C=O) groups is 1. The highest BCUT2D eigenvalue weighted by atomic mass is 32.2. The van der Waals surface area contributed by atoms with Gasteiger partial charge in [-0.05, 0) is 24.1 Å². The van der Waals surface area contributed by atoms with E-state index in [0.29, 0.717) is 6.42 Å². The zero-order chi connectivity index (χ0) is 17.6. The summed E-state index contributed by atoms with van der Waals surface area (Å²) in [5, 5.41) is 2.01. The van der Waals surface area contributed by atoms with Crippen molar-refractivity contribution in [3.63, 3.8) is 0 Å². The quantitative estimate of drug-likeness (QED) is 0.799. The van der Waals surface area contributed by atoms with Crippen molar-refractivity contribution in [1.29, 1.82) is 0 Å². The van der Waals surface area contributed by atoms with Crippen LogP contribution in [0.4, 0.5) is 14.5 Å². The van der Waals surface area contributed by atoms with Crippen molar-refractivity contribution in [3.05, 3.63) is 65.7 Å². The number of nitrogens with one attached hydrogen (secondary N) is 2. The normalized spacial score (nSPS) is 11.2. The molecule has 0 radical (unpaired) electrons. The van der Waals surface area contributed by atoms with Crippen LogP contribution in [0.3, 0.4) is 0 Å². The van der Waals surface area contributed by atoms with Crippen molar-refractivity contribution in [2.75, 3.05) is 17.6 Å². The molecular formula is C16H16F2N2O3S. The maximum Gasteiger partial charge on any atom is 0.239 e. The number of para-hydroxylation sites is 1. The van der Waals surface area contributed by atoms with Gasteiger partial charge in [-0.2, -0.15) is 0 Å². The Bertz CT molecular complexity index is 791. The van der Waals surface area contributed by atoms with Crippen LogP contribution in [-0.2, 0) is 21.2 Å². The van der Waals surface area contributed by atoms with Gasteiger partial charge in [0.25, 0.3) is 0 Å². The number of hydrogen-bond acceptors (Lipinski definition) is 3. The Labute approximate surface area is 138 Å². The number of benzene rings is 2. The van der Waals surface area contributed by atoms with Crippen LogP contribution in [-0.4, -0.2) is 26.6 Å². The molecule has 0 aliphatic carbocycles. The molecule has 2 aromatic rings. The number of carbonyl (C=O) groups excluding carboxylic acids is 1. The summed E-state index contributed by atoms with van der Waals surface area (Å²) in [6.45, 7) is -0.606. The largest absolute Gasteiger partial charge is 0.320 e. The lowest BCUT2D eigenvalue weighted by Crippen LogP contribution is -2.35. The van der Waals surface area contributed by atoms with Crippen molar-refractivity contribution >= 4 is 21.6 Å². The lowest BCUT2D eigenvalue weighted by Gasteiger charge is -2.09. The first-order chi connectivity index (χ1) is 11.4. The third-order valence-corrected chi connectivity index (χ3v) is 4.51. The molecule has 128 valence electrons. The maximum atomic E-state index is 13.4. The molecule has 2 aromatic carbocycles. The standard InChI is InChI=1S/C16H16F2N2O3S/c17-13-7-4-8-14(18)16(13)20-15(21)11-19-24(22,23)10-9-12-5-2-1-3-6-12/h1-8,19H,9-11H2,(H,20,21). The highest BCUT2D eigenvalue weighted by molar-refractivity contribution is 7.89. The first kappa shape index (κ1) is 18.0. The smallest absolute Gasteiger partial charge is 0.239 e. The molecule has 0 spiro atoms. The van der Waals surface area contributed by atoms with E-state index in [-0.39, 0.29) is 5.75 Å². The molecule has 0 aliphatic rings. The molecule has 24 heavy (non-hydrogen) atoms. The first-order valence-corrected chi connectivity index (χ1v) is 8.78. The maximum absolute atomic E-state index is 13.4. The van der Waals surface area contributed by atoms with E-state index in [1.807, 2.05) is 11.4 Å². The molecule has 0 unspecified atom stereocenters. The minimum absolute atomic E-state index is 0.196. The molecule has 0 saturated carbocycles. The van der Waals surface area contributed by atoms with E-state index in [0.717, 1.165) is 23.8 Å². The van der Waals surface area contributed by atoms with Crippen LogP contribution in [0.25, 0.3) is 0 Å². The average molecular weight is 354 g/mol. The van der Waals surface area contributed by atoms with Crippen LogP contribution in [0.2, 0.25) is 0 Å². The van der Waals surface area contributed by atoms with Gasteiger partial charge in [-0.15, -0.1) is 0 Å². The third-order valence-electron chi connectivity index (χ3n) is 3.18. The van der Waals surface area contributed by atoms with Gasteiger partial charge < -0.3 is 5.32 Å². The topological polar surface area (TPSA) is 75.3 Å². The van der Waals surface area contributed by atoms with Crippen LogP contribution in [0.5, 0.6) is 0 Å². The minimum atomic E-state index is -3.69. The Morgan fingerprint density at radius 2 is 1.58 bits per heavy atom. The molecule has 0 aliphatic heterocycles. The second-order valence-electron chi connectivity index (χ2n) is 5.02. The number of sulfonamides is 1. The number of amides is 1. The lowest BCUT2D eigenvalue weighted by atomic mass is 10.2. The van der Waals surface area contributed by atoms with Gasteiger partial charge in [0, 0.05) is 0 Å². The van der Waals surface area contributed by atoms with Crippen molar-refractivity contribution in [2.45, 2.75) is 6.42 Å². The first-order valence-electron chi connectivity index (χ1n) is 7.12. The van der Waals surface area contributed by atoms with E-state index >= 15 is 0 Å². The summed E-state index contributed by atoms with van der Waals surface area (Å²) >= 11 is 0. The molecule has 0 saturated heterocycles. The fourth-order valence-corrected chi connectivity index (χ4v) is 2.95. The predicted molar refractivity (Wildman–Crippen MR) is 86.9 cm³/mol. The number of hydrogen-bond donors (Lipinski definition) is 2. The summed E-state index contributed by atoms with van der Waals surface area (Å²) in [5.74, 6) is -2.92. The van der Waals surface area contributed by atoms with E-state index in [1.165, 1.54) is 0 Å². The van der Waals surface area contributed by atoms with Gasteiger partial charge in [0.2, 0.25) is 15.9 Å². The van der Waals surface area contributed by atoms with Gasteiger partial charge in [0.15, 0.2) is 0 Å². The van der Waals surface area contributed by atoms with Gasteiger partial charge in [-0.3, -0.25) is 4.79 Å². The summed E-state index contributed by atoms with van der Waals surface area (Å²) in [5.41, 5.74) is 0.242. The summed E-state index contributed by atoms with van der Waals surface area (Å²) in [6, 6.07) is 12.1. The molecule has 0 bridgehead atoms. The number of anilines is 1. The molecule has 0 heterocycles. The zero-order valence-corrected chi connectivity index (χ0v) is 13.4. The summed E-state index contributed by atoms with van der Waals surface area (Å²) < 4.78 is 52.6. The Morgan fingerprint density at radius 3 is 2.21 bits per heavy atom. The van der Waals surface area contributed by atoms with Crippen molar-refractivity contribution in [1.82, 2.24) is 4.72 Å².